The minimum Gasteiger partial charge on any atom is -0.482 e. The van der Waals surface area contributed by atoms with Gasteiger partial charge in [-0.3, -0.25) is 4.79 Å². The molecule has 0 saturated carbocycles. The van der Waals surface area contributed by atoms with Crippen LogP contribution in [-0.2, 0) is 4.79 Å². The minimum absolute atomic E-state index is 0.0590. The molecule has 1 N–H and O–H groups in total. The van der Waals surface area contributed by atoms with Crippen molar-refractivity contribution in [2.75, 3.05) is 6.61 Å². The van der Waals surface area contributed by atoms with Gasteiger partial charge in [0.2, 0.25) is 0 Å². The third-order valence-corrected chi connectivity index (χ3v) is 4.61. The van der Waals surface area contributed by atoms with Gasteiger partial charge in [0.25, 0.3) is 5.91 Å². The lowest BCUT2D eigenvalue weighted by Gasteiger charge is -2.11. The van der Waals surface area contributed by atoms with Crippen molar-refractivity contribution in [3.63, 3.8) is 0 Å². The quantitative estimate of drug-likeness (QED) is 0.364. The standard InChI is InChI=1S/C23H23NO6/c1-4-15(3)24-22(26)18-11-16-9-10-17(12-20(16)30-23(18)27)29-21(25)13-28-19-8-6-5-7-14(19)2/h5-12,15H,4,13H2,1-3H3,(H,24,26). The summed E-state index contributed by atoms with van der Waals surface area (Å²) in [6.45, 7) is 5.40. The van der Waals surface area contributed by atoms with Crippen LogP contribution in [-0.4, -0.2) is 24.5 Å². The van der Waals surface area contributed by atoms with E-state index in [9.17, 15) is 14.4 Å². The Balaban J connectivity index is 1.71. The Hall–Kier alpha value is -3.61. The van der Waals surface area contributed by atoms with Crippen molar-refractivity contribution in [3.05, 3.63) is 70.1 Å². The monoisotopic (exact) mass is 409 g/mol. The van der Waals surface area contributed by atoms with Crippen molar-refractivity contribution in [1.82, 2.24) is 5.32 Å². The first-order valence-corrected chi connectivity index (χ1v) is 9.65. The van der Waals surface area contributed by atoms with E-state index >= 15 is 0 Å². The minimum atomic E-state index is -0.755. The van der Waals surface area contributed by atoms with Crippen LogP contribution in [0.4, 0.5) is 0 Å². The maximum atomic E-state index is 12.2. The van der Waals surface area contributed by atoms with E-state index in [1.807, 2.05) is 39.0 Å². The Labute approximate surface area is 173 Å². The number of nitrogens with one attached hydrogen (secondary N) is 1. The predicted molar refractivity (Wildman–Crippen MR) is 112 cm³/mol. The molecule has 0 fully saturated rings. The fourth-order valence-corrected chi connectivity index (χ4v) is 2.73. The maximum absolute atomic E-state index is 12.2. The first kappa shape index (κ1) is 21.1. The summed E-state index contributed by atoms with van der Waals surface area (Å²) in [7, 11) is 0. The van der Waals surface area contributed by atoms with Crippen LogP contribution in [0.5, 0.6) is 11.5 Å². The Bertz CT molecular complexity index is 1130. The van der Waals surface area contributed by atoms with E-state index in [-0.39, 0.29) is 29.5 Å². The highest BCUT2D eigenvalue weighted by atomic mass is 16.6. The molecule has 0 aliphatic carbocycles. The number of ether oxygens (including phenoxy) is 2. The Morgan fingerprint density at radius 1 is 1.13 bits per heavy atom. The Kier molecular flexibility index (Phi) is 6.51. The second-order valence-corrected chi connectivity index (χ2v) is 6.96. The molecule has 1 heterocycles. The molecule has 0 bridgehead atoms. The number of hydrogen-bond acceptors (Lipinski definition) is 6. The zero-order valence-electron chi connectivity index (χ0n) is 17.1. The van der Waals surface area contributed by atoms with Gasteiger partial charge in [0, 0.05) is 17.5 Å². The molecule has 2 aromatic carbocycles. The summed E-state index contributed by atoms with van der Waals surface area (Å²) in [6, 6.07) is 13.3. The van der Waals surface area contributed by atoms with Gasteiger partial charge in [-0.15, -0.1) is 0 Å². The molecule has 1 amide bonds. The van der Waals surface area contributed by atoms with Gasteiger partial charge in [-0.2, -0.15) is 0 Å². The molecule has 0 radical (unpaired) electrons. The number of para-hydroxylation sites is 1. The molecule has 1 atom stereocenters. The summed E-state index contributed by atoms with van der Waals surface area (Å²) < 4.78 is 16.0. The molecule has 3 aromatic rings. The number of carbonyl (C=O) groups is 2. The molecule has 156 valence electrons. The highest BCUT2D eigenvalue weighted by Crippen LogP contribution is 2.21. The van der Waals surface area contributed by atoms with Crippen LogP contribution in [0.25, 0.3) is 11.0 Å². The van der Waals surface area contributed by atoms with Gasteiger partial charge in [0.1, 0.15) is 22.6 Å². The zero-order valence-corrected chi connectivity index (χ0v) is 17.1. The number of carbonyl (C=O) groups excluding carboxylic acids is 2. The van der Waals surface area contributed by atoms with E-state index in [1.165, 1.54) is 12.1 Å². The zero-order chi connectivity index (χ0) is 21.7. The predicted octanol–water partition coefficient (Wildman–Crippen LogP) is 3.61. The fraction of sp³-hybridized carbons (Fsp3) is 0.261. The molecule has 0 saturated heterocycles. The summed E-state index contributed by atoms with van der Waals surface area (Å²) in [5, 5.41) is 3.28. The van der Waals surface area contributed by atoms with E-state index in [0.29, 0.717) is 11.1 Å². The highest BCUT2D eigenvalue weighted by molar-refractivity contribution is 5.97. The van der Waals surface area contributed by atoms with Crippen LogP contribution in [0, 0.1) is 6.92 Å². The molecular weight excluding hydrogens is 386 g/mol. The topological polar surface area (TPSA) is 94.8 Å². The number of benzene rings is 2. The molecular formula is C23H23NO6. The van der Waals surface area contributed by atoms with Gasteiger partial charge in [-0.25, -0.2) is 9.59 Å². The largest absolute Gasteiger partial charge is 0.482 e. The average molecular weight is 409 g/mol. The van der Waals surface area contributed by atoms with Crippen LogP contribution in [0.1, 0.15) is 36.2 Å². The van der Waals surface area contributed by atoms with Gasteiger partial charge in [-0.1, -0.05) is 25.1 Å². The summed E-state index contributed by atoms with van der Waals surface area (Å²) in [4.78, 5) is 36.5. The van der Waals surface area contributed by atoms with Gasteiger partial charge in [0.05, 0.1) is 0 Å². The fourth-order valence-electron chi connectivity index (χ4n) is 2.73. The maximum Gasteiger partial charge on any atom is 0.349 e. The number of aryl methyl sites for hydroxylation is 1. The van der Waals surface area contributed by atoms with E-state index in [4.69, 9.17) is 13.9 Å². The normalized spacial score (nSPS) is 11.7. The van der Waals surface area contributed by atoms with Crippen molar-refractivity contribution >= 4 is 22.8 Å². The molecule has 3 rings (SSSR count). The molecule has 1 aromatic heterocycles. The van der Waals surface area contributed by atoms with Crippen molar-refractivity contribution < 1.29 is 23.5 Å². The van der Waals surface area contributed by atoms with Gasteiger partial charge in [-0.05, 0) is 50.1 Å². The second kappa shape index (κ2) is 9.26. The van der Waals surface area contributed by atoms with E-state index in [1.54, 1.807) is 18.2 Å². The van der Waals surface area contributed by atoms with Crippen LogP contribution < -0.4 is 20.4 Å². The second-order valence-electron chi connectivity index (χ2n) is 6.96. The van der Waals surface area contributed by atoms with E-state index in [2.05, 4.69) is 5.32 Å². The molecule has 7 nitrogen and oxygen atoms in total. The molecule has 7 heteroatoms. The number of rotatable bonds is 7. The van der Waals surface area contributed by atoms with Crippen LogP contribution in [0.15, 0.2) is 57.7 Å². The molecule has 0 aliphatic heterocycles. The van der Waals surface area contributed by atoms with Crippen molar-refractivity contribution in [2.45, 2.75) is 33.2 Å². The Morgan fingerprint density at radius 3 is 2.63 bits per heavy atom. The first-order valence-electron chi connectivity index (χ1n) is 9.65. The van der Waals surface area contributed by atoms with Gasteiger partial charge in [0.15, 0.2) is 6.61 Å². The van der Waals surface area contributed by atoms with Crippen LogP contribution in [0.3, 0.4) is 0 Å². The van der Waals surface area contributed by atoms with Crippen LogP contribution >= 0.6 is 0 Å². The van der Waals surface area contributed by atoms with E-state index < -0.39 is 17.5 Å². The third-order valence-electron chi connectivity index (χ3n) is 4.61. The molecule has 0 spiro atoms. The summed E-state index contributed by atoms with van der Waals surface area (Å²) in [6.07, 6.45) is 0.743. The first-order chi connectivity index (χ1) is 14.4. The number of fused-ring (bicyclic) bond motifs is 1. The van der Waals surface area contributed by atoms with Crippen molar-refractivity contribution in [2.24, 2.45) is 0 Å². The van der Waals surface area contributed by atoms with Gasteiger partial charge < -0.3 is 19.2 Å². The highest BCUT2D eigenvalue weighted by Gasteiger charge is 2.16. The van der Waals surface area contributed by atoms with Gasteiger partial charge >= 0.3 is 11.6 Å². The Morgan fingerprint density at radius 2 is 1.90 bits per heavy atom. The van der Waals surface area contributed by atoms with Crippen molar-refractivity contribution in [3.8, 4) is 11.5 Å². The lowest BCUT2D eigenvalue weighted by Crippen LogP contribution is -2.34. The van der Waals surface area contributed by atoms with Crippen molar-refractivity contribution in [1.29, 1.82) is 0 Å². The molecule has 1 unspecified atom stereocenters. The average Bonchev–Trinajstić information content (AvgIpc) is 2.72. The SMILES string of the molecule is CCC(C)NC(=O)c1cc2ccc(OC(=O)COc3ccccc3C)cc2oc1=O. The van der Waals surface area contributed by atoms with Crippen LogP contribution in [0.2, 0.25) is 0 Å². The molecule has 30 heavy (non-hydrogen) atoms. The van der Waals surface area contributed by atoms with E-state index in [0.717, 1.165) is 12.0 Å². The number of esters is 1. The summed E-state index contributed by atoms with van der Waals surface area (Å²) in [5.74, 6) is -0.267. The number of amides is 1. The lowest BCUT2D eigenvalue weighted by molar-refractivity contribution is -0.136. The number of hydrogen-bond donors (Lipinski definition) is 1. The summed E-state index contributed by atoms with van der Waals surface area (Å²) in [5.41, 5.74) is 0.296. The molecule has 0 aliphatic rings. The third kappa shape index (κ3) is 5.05. The lowest BCUT2D eigenvalue weighted by atomic mass is 10.1. The summed E-state index contributed by atoms with van der Waals surface area (Å²) >= 11 is 0. The smallest absolute Gasteiger partial charge is 0.349 e.